The Kier molecular flexibility index (Phi) is 5.40. The second-order valence-electron chi connectivity index (χ2n) is 12.6. The summed E-state index contributed by atoms with van der Waals surface area (Å²) in [6.45, 7) is 4.73. The van der Waals surface area contributed by atoms with Gasteiger partial charge >= 0.3 is 0 Å². The average molecular weight is 468 g/mol. The third-order valence-electron chi connectivity index (χ3n) is 10.7. The van der Waals surface area contributed by atoms with Gasteiger partial charge in [0, 0.05) is 12.5 Å². The molecule has 6 heteroatoms. The number of Topliss-reactive ketones (excluding diaryl/α,β-unsaturated/α-hetero) is 1. The lowest BCUT2D eigenvalue weighted by atomic mass is 9.49. The fraction of sp³-hybridized carbons (Fsp3) is 0.750. The lowest BCUT2D eigenvalue weighted by molar-refractivity contribution is -0.123. The van der Waals surface area contributed by atoms with Crippen molar-refractivity contribution in [1.29, 1.82) is 0 Å². The van der Waals surface area contributed by atoms with Gasteiger partial charge < -0.3 is 5.11 Å². The molecule has 1 heterocycles. The van der Waals surface area contributed by atoms with Crippen LogP contribution in [-0.4, -0.2) is 31.5 Å². The van der Waals surface area contributed by atoms with Crippen LogP contribution in [0.5, 0.6) is 0 Å². The van der Waals surface area contributed by atoms with Crippen LogP contribution in [0.15, 0.2) is 18.2 Å². The Morgan fingerprint density at radius 1 is 1.09 bits per heavy atom. The first-order valence-electron chi connectivity index (χ1n) is 13.5. The highest BCUT2D eigenvalue weighted by molar-refractivity contribution is 5.81. The summed E-state index contributed by atoms with van der Waals surface area (Å²) in [5.74, 6) is 4.20. The van der Waals surface area contributed by atoms with Crippen LogP contribution in [0.2, 0.25) is 0 Å². The molecule has 0 aliphatic heterocycles. The van der Waals surface area contributed by atoms with Crippen molar-refractivity contribution >= 4 is 16.8 Å². The third kappa shape index (κ3) is 3.71. The second-order valence-corrected chi connectivity index (χ2v) is 12.6. The molecule has 5 nitrogen and oxygen atoms in total. The molecule has 0 radical (unpaired) electrons. The second kappa shape index (κ2) is 8.11. The van der Waals surface area contributed by atoms with Crippen LogP contribution in [0.3, 0.4) is 0 Å². The highest BCUT2D eigenvalue weighted by atomic mass is 19.1. The molecule has 4 fully saturated rings. The minimum Gasteiger partial charge on any atom is -0.390 e. The van der Waals surface area contributed by atoms with Crippen LogP contribution in [0.25, 0.3) is 11.0 Å². The fourth-order valence-electron chi connectivity index (χ4n) is 9.09. The van der Waals surface area contributed by atoms with Crippen LogP contribution in [0.4, 0.5) is 4.39 Å². The zero-order chi connectivity index (χ0) is 23.7. The summed E-state index contributed by atoms with van der Waals surface area (Å²) < 4.78 is 15.1. The number of aromatic nitrogens is 3. The molecule has 0 unspecified atom stereocenters. The molecule has 0 spiro atoms. The Labute approximate surface area is 201 Å². The van der Waals surface area contributed by atoms with Crippen molar-refractivity contribution < 1.29 is 14.3 Å². The molecule has 34 heavy (non-hydrogen) atoms. The molecule has 4 saturated carbocycles. The maximum atomic E-state index is 13.5. The fourth-order valence-corrected chi connectivity index (χ4v) is 9.09. The number of benzene rings is 1. The molecule has 1 aromatic carbocycles. The molecular weight excluding hydrogens is 429 g/mol. The topological polar surface area (TPSA) is 68.0 Å². The van der Waals surface area contributed by atoms with E-state index in [1.165, 1.54) is 50.7 Å². The summed E-state index contributed by atoms with van der Waals surface area (Å²) in [7, 11) is 0. The molecule has 1 aromatic heterocycles. The van der Waals surface area contributed by atoms with E-state index >= 15 is 0 Å². The zero-order valence-electron chi connectivity index (χ0n) is 20.5. The van der Waals surface area contributed by atoms with E-state index in [2.05, 4.69) is 17.2 Å². The highest BCUT2D eigenvalue weighted by Gasteiger charge is 2.57. The molecule has 0 amide bonds. The molecule has 2 aromatic rings. The standard InChI is InChI=1S/C28H38FN3O2/c1-27(34)11-9-21-17(15-27)3-6-23-22(21)10-12-28(2)18(4-7-24(23)28)13-20(33)16-32-26-8-5-19(29)14-25(26)30-31-32/h5,8,14,17-18,21-24,34H,3-4,6-7,9-13,15-16H2,1-2H3/t17-,18-,21+,22-,23-,24+,27-,28-/m1/s1. The summed E-state index contributed by atoms with van der Waals surface area (Å²) in [5, 5.41) is 18.8. The maximum absolute atomic E-state index is 13.5. The van der Waals surface area contributed by atoms with E-state index in [9.17, 15) is 14.3 Å². The van der Waals surface area contributed by atoms with Crippen molar-refractivity contribution in [3.8, 4) is 0 Å². The van der Waals surface area contributed by atoms with Gasteiger partial charge in [-0.1, -0.05) is 12.1 Å². The summed E-state index contributed by atoms with van der Waals surface area (Å²) in [6, 6.07) is 4.43. The van der Waals surface area contributed by atoms with Crippen LogP contribution >= 0.6 is 0 Å². The number of ketones is 1. The first kappa shape index (κ1) is 22.6. The number of aliphatic hydroxyl groups is 1. The Bertz CT molecular complexity index is 1100. The van der Waals surface area contributed by atoms with Crippen molar-refractivity contribution in [1.82, 2.24) is 15.0 Å². The molecular formula is C28H38FN3O2. The summed E-state index contributed by atoms with van der Waals surface area (Å²) in [4.78, 5) is 13.1. The summed E-state index contributed by atoms with van der Waals surface area (Å²) >= 11 is 0. The molecule has 1 N–H and O–H groups in total. The number of hydrogen-bond acceptors (Lipinski definition) is 4. The Balaban J connectivity index is 1.13. The van der Waals surface area contributed by atoms with E-state index in [1.54, 1.807) is 10.7 Å². The lowest BCUT2D eigenvalue weighted by Gasteiger charge is -2.57. The van der Waals surface area contributed by atoms with E-state index in [0.717, 1.165) is 42.9 Å². The van der Waals surface area contributed by atoms with Crippen molar-refractivity contribution in [3.63, 3.8) is 0 Å². The maximum Gasteiger partial charge on any atom is 0.154 e. The van der Waals surface area contributed by atoms with Crippen LogP contribution < -0.4 is 0 Å². The molecule has 0 saturated heterocycles. The van der Waals surface area contributed by atoms with E-state index in [4.69, 9.17) is 0 Å². The highest BCUT2D eigenvalue weighted by Crippen LogP contribution is 2.65. The quantitative estimate of drug-likeness (QED) is 0.640. The first-order chi connectivity index (χ1) is 16.2. The van der Waals surface area contributed by atoms with E-state index in [-0.39, 0.29) is 23.6 Å². The van der Waals surface area contributed by atoms with Gasteiger partial charge in [0.05, 0.1) is 11.1 Å². The van der Waals surface area contributed by atoms with Gasteiger partial charge in [-0.25, -0.2) is 9.07 Å². The predicted octanol–water partition coefficient (Wildman–Crippen LogP) is 5.55. The van der Waals surface area contributed by atoms with Gasteiger partial charge in [-0.15, -0.1) is 5.10 Å². The molecule has 8 atom stereocenters. The predicted molar refractivity (Wildman–Crippen MR) is 128 cm³/mol. The van der Waals surface area contributed by atoms with Gasteiger partial charge in [-0.05, 0) is 118 Å². The van der Waals surface area contributed by atoms with Gasteiger partial charge in [-0.2, -0.15) is 0 Å². The van der Waals surface area contributed by atoms with Crippen LogP contribution in [-0.2, 0) is 11.3 Å². The van der Waals surface area contributed by atoms with Crippen molar-refractivity contribution in [2.75, 3.05) is 0 Å². The zero-order valence-corrected chi connectivity index (χ0v) is 20.5. The Morgan fingerprint density at radius 3 is 2.76 bits per heavy atom. The average Bonchev–Trinajstić information content (AvgIpc) is 3.33. The normalized spacial score (nSPS) is 41.6. The van der Waals surface area contributed by atoms with Gasteiger partial charge in [0.2, 0.25) is 0 Å². The van der Waals surface area contributed by atoms with Gasteiger partial charge in [0.1, 0.15) is 17.9 Å². The van der Waals surface area contributed by atoms with Crippen molar-refractivity contribution in [2.24, 2.45) is 40.9 Å². The van der Waals surface area contributed by atoms with E-state index in [1.807, 2.05) is 6.92 Å². The SMILES string of the molecule is C[C@@]1(O)CC[C@H]2[C@H](CC[C@@H]3[C@@H]2CC[C@]2(C)[C@@H](CC(=O)Cn4nnc5cc(F)ccc54)CC[C@@H]32)C1. The molecule has 4 aliphatic carbocycles. The molecule has 0 bridgehead atoms. The number of rotatable bonds is 4. The number of hydrogen-bond donors (Lipinski definition) is 1. The first-order valence-corrected chi connectivity index (χ1v) is 13.5. The summed E-state index contributed by atoms with van der Waals surface area (Å²) in [5.41, 5.74) is 1.02. The molecule has 4 aliphatic rings. The third-order valence-corrected chi connectivity index (χ3v) is 10.7. The van der Waals surface area contributed by atoms with Crippen molar-refractivity contribution in [3.05, 3.63) is 24.0 Å². The van der Waals surface area contributed by atoms with Gasteiger partial charge in [0.25, 0.3) is 0 Å². The molecule has 184 valence electrons. The number of nitrogens with zero attached hydrogens (tertiary/aromatic N) is 3. The van der Waals surface area contributed by atoms with Crippen molar-refractivity contribution in [2.45, 2.75) is 90.2 Å². The van der Waals surface area contributed by atoms with E-state index in [0.29, 0.717) is 29.3 Å². The van der Waals surface area contributed by atoms with E-state index < -0.39 is 5.60 Å². The monoisotopic (exact) mass is 467 g/mol. The Hall–Kier alpha value is -1.82. The number of halogens is 1. The van der Waals surface area contributed by atoms with Crippen LogP contribution in [0, 0.1) is 46.7 Å². The van der Waals surface area contributed by atoms with Crippen LogP contribution in [0.1, 0.15) is 78.1 Å². The lowest BCUT2D eigenvalue weighted by Crippen LogP contribution is -2.50. The minimum absolute atomic E-state index is 0.211. The largest absolute Gasteiger partial charge is 0.390 e. The number of carbonyl (C=O) groups is 1. The van der Waals surface area contributed by atoms with Gasteiger partial charge in [-0.3, -0.25) is 4.79 Å². The smallest absolute Gasteiger partial charge is 0.154 e. The summed E-state index contributed by atoms with van der Waals surface area (Å²) in [6.07, 6.45) is 11.3. The number of fused-ring (bicyclic) bond motifs is 6. The Morgan fingerprint density at radius 2 is 1.91 bits per heavy atom. The number of carbonyl (C=O) groups excluding carboxylic acids is 1. The minimum atomic E-state index is -0.459. The molecule has 6 rings (SSSR count). The van der Waals surface area contributed by atoms with Gasteiger partial charge in [0.15, 0.2) is 5.78 Å².